The Hall–Kier alpha value is -1.35. The molecule has 120 valence electrons. The van der Waals surface area contributed by atoms with Crippen molar-refractivity contribution in [2.45, 2.75) is 69.9 Å². The first-order chi connectivity index (χ1) is 10.6. The van der Waals surface area contributed by atoms with Crippen LogP contribution in [0, 0.1) is 5.92 Å². The number of nitrogens with two attached hydrogens (primary N) is 1. The quantitative estimate of drug-likeness (QED) is 0.877. The van der Waals surface area contributed by atoms with Crippen molar-refractivity contribution in [1.29, 1.82) is 0 Å². The van der Waals surface area contributed by atoms with Gasteiger partial charge in [0, 0.05) is 17.5 Å². The van der Waals surface area contributed by atoms with Gasteiger partial charge in [0.15, 0.2) is 0 Å². The fourth-order valence-electron chi connectivity index (χ4n) is 3.47. The van der Waals surface area contributed by atoms with Gasteiger partial charge in [-0.25, -0.2) is 0 Å². The minimum atomic E-state index is -0.0936. The van der Waals surface area contributed by atoms with Crippen LogP contribution in [-0.4, -0.2) is 11.9 Å². The van der Waals surface area contributed by atoms with Crippen LogP contribution in [0.1, 0.15) is 63.0 Å². The Morgan fingerprint density at radius 2 is 2.05 bits per heavy atom. The zero-order chi connectivity index (χ0) is 15.6. The molecule has 2 fully saturated rings. The summed E-state index contributed by atoms with van der Waals surface area (Å²) >= 11 is 0. The normalized spacial score (nSPS) is 22.1. The zero-order valence-electron chi connectivity index (χ0n) is 13.6. The highest BCUT2D eigenvalue weighted by atomic mass is 16.1. The molecule has 22 heavy (non-hydrogen) atoms. The van der Waals surface area contributed by atoms with Crippen LogP contribution in [-0.2, 0) is 16.8 Å². The first-order valence-electron chi connectivity index (χ1n) is 8.75. The minimum Gasteiger partial charge on any atom is -0.353 e. The molecule has 0 heterocycles. The SMILES string of the molecule is CC(Cc1cccc(C2(N)CC2)c1)C(=O)NC1CCCCC1. The maximum atomic E-state index is 12.4. The fourth-order valence-corrected chi connectivity index (χ4v) is 3.47. The zero-order valence-corrected chi connectivity index (χ0v) is 13.6. The van der Waals surface area contributed by atoms with E-state index in [4.69, 9.17) is 5.73 Å². The molecule has 0 saturated heterocycles. The van der Waals surface area contributed by atoms with Crippen molar-refractivity contribution in [2.75, 3.05) is 0 Å². The number of carbonyl (C=O) groups is 1. The molecule has 3 N–H and O–H groups in total. The average Bonchev–Trinajstić information content (AvgIpc) is 3.28. The fraction of sp³-hybridized carbons (Fsp3) is 0.632. The van der Waals surface area contributed by atoms with Crippen molar-refractivity contribution in [3.8, 4) is 0 Å². The predicted octanol–water partition coefficient (Wildman–Crippen LogP) is 3.26. The van der Waals surface area contributed by atoms with Gasteiger partial charge in [-0.2, -0.15) is 0 Å². The maximum absolute atomic E-state index is 12.4. The van der Waals surface area contributed by atoms with Crippen LogP contribution in [0.4, 0.5) is 0 Å². The number of rotatable bonds is 5. The summed E-state index contributed by atoms with van der Waals surface area (Å²) in [5.74, 6) is 0.219. The third-order valence-electron chi connectivity index (χ3n) is 5.23. The summed E-state index contributed by atoms with van der Waals surface area (Å²) in [7, 11) is 0. The Bertz CT molecular complexity index is 530. The molecule has 0 aliphatic heterocycles. The van der Waals surface area contributed by atoms with E-state index in [2.05, 4.69) is 29.6 Å². The van der Waals surface area contributed by atoms with Gasteiger partial charge in [-0.1, -0.05) is 50.5 Å². The molecule has 3 heteroatoms. The van der Waals surface area contributed by atoms with E-state index in [0.717, 1.165) is 32.1 Å². The highest BCUT2D eigenvalue weighted by Gasteiger charge is 2.39. The van der Waals surface area contributed by atoms with E-state index in [1.54, 1.807) is 0 Å². The third-order valence-corrected chi connectivity index (χ3v) is 5.23. The van der Waals surface area contributed by atoms with Gasteiger partial charge in [-0.05, 0) is 43.2 Å². The van der Waals surface area contributed by atoms with E-state index < -0.39 is 0 Å². The van der Waals surface area contributed by atoms with Gasteiger partial charge in [-0.15, -0.1) is 0 Å². The average molecular weight is 300 g/mol. The molecule has 0 aromatic heterocycles. The lowest BCUT2D eigenvalue weighted by molar-refractivity contribution is -0.125. The van der Waals surface area contributed by atoms with E-state index in [0.29, 0.717) is 6.04 Å². The topological polar surface area (TPSA) is 55.1 Å². The van der Waals surface area contributed by atoms with Crippen molar-refractivity contribution in [2.24, 2.45) is 11.7 Å². The molecule has 2 aliphatic rings. The largest absolute Gasteiger partial charge is 0.353 e. The van der Waals surface area contributed by atoms with Crippen molar-refractivity contribution < 1.29 is 4.79 Å². The predicted molar refractivity (Wildman–Crippen MR) is 89.4 cm³/mol. The molecule has 0 radical (unpaired) electrons. The molecule has 1 atom stereocenters. The van der Waals surface area contributed by atoms with Crippen LogP contribution in [0.5, 0.6) is 0 Å². The lowest BCUT2D eigenvalue weighted by Crippen LogP contribution is -2.39. The molecule has 3 nitrogen and oxygen atoms in total. The van der Waals surface area contributed by atoms with Gasteiger partial charge in [0.05, 0.1) is 0 Å². The second-order valence-electron chi connectivity index (χ2n) is 7.31. The highest BCUT2D eigenvalue weighted by molar-refractivity contribution is 5.78. The highest BCUT2D eigenvalue weighted by Crippen LogP contribution is 2.42. The Labute approximate surface area is 133 Å². The lowest BCUT2D eigenvalue weighted by Gasteiger charge is -2.24. The third kappa shape index (κ3) is 3.70. The van der Waals surface area contributed by atoms with Gasteiger partial charge in [0.2, 0.25) is 5.91 Å². The molecule has 2 aliphatic carbocycles. The second kappa shape index (κ2) is 6.41. The van der Waals surface area contributed by atoms with Crippen LogP contribution in [0.3, 0.4) is 0 Å². The Morgan fingerprint density at radius 3 is 2.73 bits per heavy atom. The van der Waals surface area contributed by atoms with E-state index in [9.17, 15) is 4.79 Å². The van der Waals surface area contributed by atoms with Gasteiger partial charge >= 0.3 is 0 Å². The number of nitrogens with one attached hydrogen (secondary N) is 1. The number of benzene rings is 1. The van der Waals surface area contributed by atoms with Crippen LogP contribution in [0.15, 0.2) is 24.3 Å². The lowest BCUT2D eigenvalue weighted by atomic mass is 9.93. The number of amides is 1. The van der Waals surface area contributed by atoms with E-state index in [1.165, 1.54) is 30.4 Å². The molecule has 1 aromatic carbocycles. The van der Waals surface area contributed by atoms with Gasteiger partial charge in [0.25, 0.3) is 0 Å². The molecule has 1 amide bonds. The Morgan fingerprint density at radius 1 is 1.32 bits per heavy atom. The summed E-state index contributed by atoms with van der Waals surface area (Å²) < 4.78 is 0. The van der Waals surface area contributed by atoms with Gasteiger partial charge in [-0.3, -0.25) is 4.79 Å². The smallest absolute Gasteiger partial charge is 0.223 e. The van der Waals surface area contributed by atoms with Crippen LogP contribution in [0.2, 0.25) is 0 Å². The van der Waals surface area contributed by atoms with Gasteiger partial charge in [0.1, 0.15) is 0 Å². The van der Waals surface area contributed by atoms with Gasteiger partial charge < -0.3 is 11.1 Å². The molecular formula is C19H28N2O. The van der Waals surface area contributed by atoms with Crippen molar-refractivity contribution in [3.63, 3.8) is 0 Å². The van der Waals surface area contributed by atoms with Crippen molar-refractivity contribution >= 4 is 5.91 Å². The molecular weight excluding hydrogens is 272 g/mol. The van der Waals surface area contributed by atoms with E-state index >= 15 is 0 Å². The van der Waals surface area contributed by atoms with E-state index in [1.807, 2.05) is 6.92 Å². The molecule has 2 saturated carbocycles. The first-order valence-corrected chi connectivity index (χ1v) is 8.75. The summed E-state index contributed by atoms with van der Waals surface area (Å²) in [5.41, 5.74) is 8.63. The number of hydrogen-bond donors (Lipinski definition) is 2. The standard InChI is InChI=1S/C19H28N2O/c1-14(18(22)21-17-8-3-2-4-9-17)12-15-6-5-7-16(13-15)19(20)10-11-19/h5-7,13-14,17H,2-4,8-12,20H2,1H3,(H,21,22). The molecule has 3 rings (SSSR count). The summed E-state index contributed by atoms with van der Waals surface area (Å²) in [6.07, 6.45) is 9.05. The number of carbonyl (C=O) groups excluding carboxylic acids is 1. The first kappa shape index (κ1) is 15.5. The van der Waals surface area contributed by atoms with E-state index in [-0.39, 0.29) is 17.4 Å². The van der Waals surface area contributed by atoms with Crippen LogP contribution in [0.25, 0.3) is 0 Å². The molecule has 1 aromatic rings. The molecule has 0 bridgehead atoms. The van der Waals surface area contributed by atoms with Crippen LogP contribution < -0.4 is 11.1 Å². The maximum Gasteiger partial charge on any atom is 0.223 e. The van der Waals surface area contributed by atoms with Crippen LogP contribution >= 0.6 is 0 Å². The van der Waals surface area contributed by atoms with Crippen molar-refractivity contribution in [1.82, 2.24) is 5.32 Å². The molecule has 0 spiro atoms. The molecule has 1 unspecified atom stereocenters. The summed E-state index contributed by atoms with van der Waals surface area (Å²) in [6.45, 7) is 2.03. The summed E-state index contributed by atoms with van der Waals surface area (Å²) in [6, 6.07) is 8.89. The summed E-state index contributed by atoms with van der Waals surface area (Å²) in [5, 5.41) is 3.23. The summed E-state index contributed by atoms with van der Waals surface area (Å²) in [4.78, 5) is 12.4. The number of hydrogen-bond acceptors (Lipinski definition) is 2. The Balaban J connectivity index is 1.56. The minimum absolute atomic E-state index is 0.0186. The second-order valence-corrected chi connectivity index (χ2v) is 7.31. The Kier molecular flexibility index (Phi) is 4.53. The monoisotopic (exact) mass is 300 g/mol. The van der Waals surface area contributed by atoms with Crippen molar-refractivity contribution in [3.05, 3.63) is 35.4 Å².